The second kappa shape index (κ2) is 16.7. The summed E-state index contributed by atoms with van der Waals surface area (Å²) in [5, 5.41) is -0.0666. The molecule has 0 fully saturated rings. The van der Waals surface area contributed by atoms with Gasteiger partial charge in [-0.05, 0) is 6.42 Å². The summed E-state index contributed by atoms with van der Waals surface area (Å²) < 4.78 is 0. The highest BCUT2D eigenvalue weighted by Crippen LogP contribution is 2.26. The van der Waals surface area contributed by atoms with E-state index in [1.807, 2.05) is 0 Å². The lowest BCUT2D eigenvalue weighted by molar-refractivity contribution is 0.537. The van der Waals surface area contributed by atoms with Crippen molar-refractivity contribution < 1.29 is 0 Å². The summed E-state index contributed by atoms with van der Waals surface area (Å²) in [6.45, 7) is 2.27. The normalized spacial score (nSPS) is 15.0. The van der Waals surface area contributed by atoms with E-state index in [1.165, 1.54) is 76.2 Å². The van der Waals surface area contributed by atoms with Crippen LogP contribution in [-0.2, 0) is 0 Å². The third-order valence-corrected chi connectivity index (χ3v) is 5.96. The number of hydrogen-bond acceptors (Lipinski definition) is 0. The second-order valence-electron chi connectivity index (χ2n) is 6.09. The Kier molecular flexibility index (Phi) is 17.4. The van der Waals surface area contributed by atoms with Crippen molar-refractivity contribution in [2.24, 2.45) is 0 Å². The van der Waals surface area contributed by atoms with Gasteiger partial charge in [0.15, 0.2) is 0 Å². The van der Waals surface area contributed by atoms with Crippen molar-refractivity contribution in [3.05, 3.63) is 10.6 Å². The van der Waals surface area contributed by atoms with Crippen LogP contribution in [0.4, 0.5) is 0 Å². The van der Waals surface area contributed by atoms with E-state index in [2.05, 4.69) is 6.92 Å². The quantitative estimate of drug-likeness (QED) is 0.194. The van der Waals surface area contributed by atoms with Crippen molar-refractivity contribution in [1.29, 1.82) is 0 Å². The van der Waals surface area contributed by atoms with Crippen LogP contribution in [-0.4, -0.2) is 10.8 Å². The Morgan fingerprint density at radius 1 is 0.773 bits per heavy atom. The summed E-state index contributed by atoms with van der Waals surface area (Å²) in [5.74, 6) is 0. The molecule has 0 rings (SSSR count). The number of hydrogen-bond donors (Lipinski definition) is 0. The van der Waals surface area contributed by atoms with Crippen LogP contribution in [0.15, 0.2) is 10.6 Å². The molecule has 0 aliphatic rings. The number of unbranched alkanes of at least 4 members (excludes halogenated alkanes) is 11. The molecule has 0 saturated heterocycles. The molecule has 132 valence electrons. The molecule has 0 amide bonds. The molecule has 0 aromatic carbocycles. The zero-order chi connectivity index (χ0) is 16.6. The van der Waals surface area contributed by atoms with Crippen LogP contribution < -0.4 is 0 Å². The van der Waals surface area contributed by atoms with Gasteiger partial charge in [-0.1, -0.05) is 107 Å². The van der Waals surface area contributed by atoms with Gasteiger partial charge in [-0.2, -0.15) is 0 Å². The van der Waals surface area contributed by atoms with Gasteiger partial charge in [0, 0.05) is 10.6 Å². The molecular formula is C18H32Cl4. The summed E-state index contributed by atoms with van der Waals surface area (Å²) in [6.07, 6.45) is 17.0. The van der Waals surface area contributed by atoms with E-state index < -0.39 is 0 Å². The van der Waals surface area contributed by atoms with Gasteiger partial charge in [0.2, 0.25) is 0 Å². The Balaban J connectivity index is 3.30. The van der Waals surface area contributed by atoms with Gasteiger partial charge in [-0.25, -0.2) is 0 Å². The Morgan fingerprint density at radius 3 is 1.59 bits per heavy atom. The maximum Gasteiger partial charge on any atom is 0.0864 e. The van der Waals surface area contributed by atoms with E-state index in [9.17, 15) is 0 Å². The van der Waals surface area contributed by atoms with E-state index >= 15 is 0 Å². The van der Waals surface area contributed by atoms with Gasteiger partial charge in [-0.15, -0.1) is 23.2 Å². The minimum atomic E-state index is -0.367. The average Bonchev–Trinajstić information content (AvgIpc) is 2.54. The maximum absolute atomic E-state index is 6.22. The number of allylic oxidation sites excluding steroid dienone is 1. The molecule has 0 saturated carbocycles. The smallest absolute Gasteiger partial charge is 0.0864 e. The van der Waals surface area contributed by atoms with Crippen molar-refractivity contribution >= 4 is 46.4 Å². The molecule has 0 bridgehead atoms. The maximum atomic E-state index is 6.22. The molecule has 0 spiro atoms. The van der Waals surface area contributed by atoms with Gasteiger partial charge in [0.25, 0.3) is 0 Å². The molecule has 2 atom stereocenters. The lowest BCUT2D eigenvalue weighted by Crippen LogP contribution is -2.15. The molecular weight excluding hydrogens is 358 g/mol. The van der Waals surface area contributed by atoms with Crippen molar-refractivity contribution in [3.8, 4) is 0 Å². The van der Waals surface area contributed by atoms with Crippen LogP contribution in [0.3, 0.4) is 0 Å². The van der Waals surface area contributed by atoms with E-state index in [0.29, 0.717) is 5.03 Å². The monoisotopic (exact) mass is 388 g/mol. The Morgan fingerprint density at radius 2 is 1.18 bits per heavy atom. The summed E-state index contributed by atoms with van der Waals surface area (Å²) in [6, 6.07) is 0. The molecule has 2 unspecified atom stereocenters. The summed E-state index contributed by atoms with van der Waals surface area (Å²) in [4.78, 5) is 0. The van der Waals surface area contributed by atoms with E-state index in [-0.39, 0.29) is 10.8 Å². The number of rotatable bonds is 15. The van der Waals surface area contributed by atoms with E-state index in [4.69, 9.17) is 46.4 Å². The lowest BCUT2D eigenvalue weighted by atomic mass is 10.0. The minimum Gasteiger partial charge on any atom is -0.121 e. The van der Waals surface area contributed by atoms with Crippen LogP contribution >= 0.6 is 46.4 Å². The molecule has 0 N–H and O–H groups in total. The molecule has 0 aromatic rings. The highest BCUT2D eigenvalue weighted by molar-refractivity contribution is 6.43. The Labute approximate surface area is 157 Å². The first-order valence-electron chi connectivity index (χ1n) is 8.87. The second-order valence-corrected chi connectivity index (χ2v) is 7.77. The highest BCUT2D eigenvalue weighted by atomic mass is 35.5. The SMILES string of the molecule is CCCCCCCCCCCCCCC(Cl)C(Cl)/C(Cl)=C\Cl. The summed E-state index contributed by atoms with van der Waals surface area (Å²) >= 11 is 23.7. The van der Waals surface area contributed by atoms with Crippen molar-refractivity contribution in [2.75, 3.05) is 0 Å². The molecule has 4 heteroatoms. The lowest BCUT2D eigenvalue weighted by Gasteiger charge is -2.14. The van der Waals surface area contributed by atoms with Crippen LogP contribution in [0.1, 0.15) is 90.4 Å². The topological polar surface area (TPSA) is 0 Å². The third-order valence-electron chi connectivity index (χ3n) is 4.02. The minimum absolute atomic E-state index is 0.132. The highest BCUT2D eigenvalue weighted by Gasteiger charge is 2.19. The fraction of sp³-hybridized carbons (Fsp3) is 0.889. The van der Waals surface area contributed by atoms with E-state index in [1.54, 1.807) is 0 Å². The first kappa shape index (κ1) is 22.9. The number of halogens is 4. The molecule has 0 aromatic heterocycles. The summed E-state index contributed by atoms with van der Waals surface area (Å²) in [5.41, 5.74) is 1.30. The first-order valence-corrected chi connectivity index (χ1v) is 10.6. The van der Waals surface area contributed by atoms with Crippen molar-refractivity contribution in [2.45, 2.75) is 101 Å². The van der Waals surface area contributed by atoms with Gasteiger partial charge < -0.3 is 0 Å². The third kappa shape index (κ3) is 13.3. The standard InChI is InChI=1S/C18H32Cl4/c1-2-3-4-5-6-7-8-9-10-11-12-13-14-16(20)18(22)17(21)15-19/h15-16,18H,2-14H2,1H3/b17-15+. The van der Waals surface area contributed by atoms with Crippen molar-refractivity contribution in [1.82, 2.24) is 0 Å². The predicted octanol–water partition coefficient (Wildman–Crippen LogP) is 8.61. The predicted molar refractivity (Wildman–Crippen MR) is 105 cm³/mol. The Bertz CT molecular complexity index is 266. The largest absolute Gasteiger partial charge is 0.121 e. The first-order chi connectivity index (χ1) is 10.6. The molecule has 0 radical (unpaired) electrons. The fourth-order valence-electron chi connectivity index (χ4n) is 2.56. The average molecular weight is 390 g/mol. The molecule has 0 aliphatic carbocycles. The van der Waals surface area contributed by atoms with Crippen LogP contribution in [0, 0.1) is 0 Å². The van der Waals surface area contributed by atoms with Crippen LogP contribution in [0.2, 0.25) is 0 Å². The molecule has 0 heterocycles. The van der Waals surface area contributed by atoms with Gasteiger partial charge in [0.05, 0.1) is 10.8 Å². The zero-order valence-electron chi connectivity index (χ0n) is 13.9. The van der Waals surface area contributed by atoms with Gasteiger partial charge in [-0.3, -0.25) is 0 Å². The summed E-state index contributed by atoms with van der Waals surface area (Å²) in [7, 11) is 0. The Hall–Kier alpha value is 0.900. The van der Waals surface area contributed by atoms with Crippen molar-refractivity contribution in [3.63, 3.8) is 0 Å². The molecule has 0 nitrogen and oxygen atoms in total. The fourth-order valence-corrected chi connectivity index (χ4v) is 3.46. The van der Waals surface area contributed by atoms with Crippen LogP contribution in [0.25, 0.3) is 0 Å². The number of alkyl halides is 2. The van der Waals surface area contributed by atoms with Gasteiger partial charge in [0.1, 0.15) is 0 Å². The van der Waals surface area contributed by atoms with Crippen LogP contribution in [0.5, 0.6) is 0 Å². The zero-order valence-corrected chi connectivity index (χ0v) is 17.0. The molecule has 0 aliphatic heterocycles. The van der Waals surface area contributed by atoms with Gasteiger partial charge >= 0.3 is 0 Å². The van der Waals surface area contributed by atoms with E-state index in [0.717, 1.165) is 12.8 Å². The molecule has 22 heavy (non-hydrogen) atoms.